The van der Waals surface area contributed by atoms with Gasteiger partial charge in [-0.1, -0.05) is 0 Å². The third-order valence-corrected chi connectivity index (χ3v) is 1.72. The maximum absolute atomic E-state index is 11.9. The number of aliphatic hydroxyl groups excluding tert-OH is 1. The fraction of sp³-hybridized carbons (Fsp3) is 0.900. The Morgan fingerprint density at radius 1 is 1.35 bits per heavy atom. The van der Waals surface area contributed by atoms with Crippen LogP contribution in [0, 0.1) is 0 Å². The summed E-state index contributed by atoms with van der Waals surface area (Å²) in [6.45, 7) is 4.35. The van der Waals surface area contributed by atoms with Gasteiger partial charge in [0.05, 0.1) is 12.6 Å². The molecule has 0 rings (SSSR count). The van der Waals surface area contributed by atoms with Crippen molar-refractivity contribution in [3.8, 4) is 0 Å². The summed E-state index contributed by atoms with van der Waals surface area (Å²) in [5, 5.41) is 11.0. The first kappa shape index (κ1) is 16.0. The fourth-order valence-corrected chi connectivity index (χ4v) is 1.02. The summed E-state index contributed by atoms with van der Waals surface area (Å²) in [5.41, 5.74) is -0.728. The lowest BCUT2D eigenvalue weighted by atomic mass is 10.1. The molecule has 0 bridgehead atoms. The van der Waals surface area contributed by atoms with E-state index in [4.69, 9.17) is 9.84 Å². The summed E-state index contributed by atoms with van der Waals surface area (Å²) in [6, 6.07) is -0.952. The highest BCUT2D eigenvalue weighted by Gasteiger charge is 2.29. The second-order valence-electron chi connectivity index (χ2n) is 4.68. The highest BCUT2D eigenvalue weighted by Crippen LogP contribution is 2.22. The number of ether oxygens (including phenoxy) is 1. The first-order valence-electron chi connectivity index (χ1n) is 5.20. The van der Waals surface area contributed by atoms with Crippen molar-refractivity contribution in [2.24, 2.45) is 0 Å². The highest BCUT2D eigenvalue weighted by atomic mass is 19.4. The van der Waals surface area contributed by atoms with Crippen molar-refractivity contribution in [2.75, 3.05) is 6.61 Å². The van der Waals surface area contributed by atoms with Gasteiger partial charge in [-0.2, -0.15) is 13.2 Å². The van der Waals surface area contributed by atoms with Gasteiger partial charge in [0, 0.05) is 6.42 Å². The van der Waals surface area contributed by atoms with Crippen LogP contribution < -0.4 is 5.32 Å². The molecule has 0 aliphatic rings. The summed E-state index contributed by atoms with van der Waals surface area (Å²) in [6.07, 6.45) is -6.57. The van der Waals surface area contributed by atoms with Gasteiger partial charge in [-0.05, 0) is 27.2 Å². The third-order valence-electron chi connectivity index (χ3n) is 1.72. The predicted octanol–water partition coefficient (Wildman–Crippen LogP) is 2.21. The van der Waals surface area contributed by atoms with Gasteiger partial charge in [0.25, 0.3) is 0 Å². The molecule has 17 heavy (non-hydrogen) atoms. The maximum atomic E-state index is 11.9. The first-order chi connectivity index (χ1) is 7.53. The van der Waals surface area contributed by atoms with Crippen LogP contribution in [-0.4, -0.2) is 35.6 Å². The van der Waals surface area contributed by atoms with Gasteiger partial charge in [-0.25, -0.2) is 4.79 Å². The van der Waals surface area contributed by atoms with E-state index >= 15 is 0 Å². The zero-order valence-corrected chi connectivity index (χ0v) is 10.1. The van der Waals surface area contributed by atoms with E-state index < -0.39 is 36.9 Å². The van der Waals surface area contributed by atoms with Crippen molar-refractivity contribution < 1.29 is 27.8 Å². The van der Waals surface area contributed by atoms with Crippen LogP contribution in [0.15, 0.2) is 0 Å². The number of nitrogens with one attached hydrogen (secondary N) is 1. The molecule has 0 saturated heterocycles. The molecule has 2 N–H and O–H groups in total. The Balaban J connectivity index is 4.09. The van der Waals surface area contributed by atoms with Crippen molar-refractivity contribution in [1.29, 1.82) is 0 Å². The molecule has 0 unspecified atom stereocenters. The lowest BCUT2D eigenvalue weighted by molar-refractivity contribution is -0.137. The molecule has 0 saturated carbocycles. The average molecular weight is 257 g/mol. The number of hydrogen-bond acceptors (Lipinski definition) is 3. The normalized spacial score (nSPS) is 14.3. The maximum Gasteiger partial charge on any atom is 0.407 e. The lowest BCUT2D eigenvalue weighted by Crippen LogP contribution is -2.41. The topological polar surface area (TPSA) is 58.6 Å². The van der Waals surface area contributed by atoms with E-state index in [0.29, 0.717) is 0 Å². The monoisotopic (exact) mass is 257 g/mol. The number of carbonyl (C=O) groups excluding carboxylic acids is 1. The van der Waals surface area contributed by atoms with Crippen LogP contribution in [-0.2, 0) is 4.74 Å². The summed E-state index contributed by atoms with van der Waals surface area (Å²) in [7, 11) is 0. The molecule has 7 heteroatoms. The van der Waals surface area contributed by atoms with Crippen LogP contribution in [0.3, 0.4) is 0 Å². The van der Waals surface area contributed by atoms with Gasteiger partial charge in [-0.15, -0.1) is 0 Å². The van der Waals surface area contributed by atoms with Crippen molar-refractivity contribution in [2.45, 2.75) is 51.4 Å². The Morgan fingerprint density at radius 3 is 2.24 bits per heavy atom. The number of carbonyl (C=O) groups is 1. The van der Waals surface area contributed by atoms with Crippen LogP contribution in [0.25, 0.3) is 0 Å². The number of aliphatic hydroxyl groups is 1. The Morgan fingerprint density at radius 2 is 1.88 bits per heavy atom. The SMILES string of the molecule is CC(C)(C)OC(=O)N[C@H](CO)CCC(F)(F)F. The molecule has 0 radical (unpaired) electrons. The van der Waals surface area contributed by atoms with Crippen molar-refractivity contribution in [3.63, 3.8) is 0 Å². The van der Waals surface area contributed by atoms with E-state index in [-0.39, 0.29) is 6.42 Å². The minimum Gasteiger partial charge on any atom is -0.444 e. The largest absolute Gasteiger partial charge is 0.444 e. The fourth-order valence-electron chi connectivity index (χ4n) is 1.02. The van der Waals surface area contributed by atoms with Gasteiger partial charge >= 0.3 is 12.3 Å². The Bertz CT molecular complexity index is 248. The second kappa shape index (κ2) is 6.09. The molecule has 0 spiro atoms. The number of amides is 1. The average Bonchev–Trinajstić information content (AvgIpc) is 2.07. The summed E-state index contributed by atoms with van der Waals surface area (Å²) < 4.78 is 40.7. The Labute approximate surface area is 98.1 Å². The molecule has 0 fully saturated rings. The molecule has 4 nitrogen and oxygen atoms in total. The Kier molecular flexibility index (Phi) is 5.74. The third kappa shape index (κ3) is 9.92. The highest BCUT2D eigenvalue weighted by molar-refractivity contribution is 5.68. The molecule has 0 aromatic heterocycles. The quantitative estimate of drug-likeness (QED) is 0.811. The molecule has 0 aliphatic carbocycles. The molecule has 1 atom stereocenters. The first-order valence-corrected chi connectivity index (χ1v) is 5.20. The van der Waals surface area contributed by atoms with E-state index in [0.717, 1.165) is 0 Å². The van der Waals surface area contributed by atoms with Crippen molar-refractivity contribution in [1.82, 2.24) is 5.32 Å². The lowest BCUT2D eigenvalue weighted by Gasteiger charge is -2.23. The predicted molar refractivity (Wildman–Crippen MR) is 55.5 cm³/mol. The molecule has 0 heterocycles. The molecule has 0 aromatic rings. The van der Waals surface area contributed by atoms with Crippen molar-refractivity contribution in [3.05, 3.63) is 0 Å². The van der Waals surface area contributed by atoms with Crippen LogP contribution in [0.5, 0.6) is 0 Å². The molecule has 1 amide bonds. The number of rotatable bonds is 4. The standard InChI is InChI=1S/C10H18F3NO3/c1-9(2,3)17-8(16)14-7(6-15)4-5-10(11,12)13/h7,15H,4-6H2,1-3H3,(H,14,16)/t7-/m0/s1. The number of hydrogen-bond donors (Lipinski definition) is 2. The number of alkyl halides is 3. The zero-order chi connectivity index (χ0) is 13.7. The van der Waals surface area contributed by atoms with Crippen LogP contribution >= 0.6 is 0 Å². The summed E-state index contributed by atoms with van der Waals surface area (Å²) in [4.78, 5) is 11.2. The summed E-state index contributed by atoms with van der Waals surface area (Å²) >= 11 is 0. The molecular weight excluding hydrogens is 239 g/mol. The van der Waals surface area contributed by atoms with Crippen LogP contribution in [0.4, 0.5) is 18.0 Å². The molecule has 102 valence electrons. The second-order valence-corrected chi connectivity index (χ2v) is 4.68. The molecular formula is C10H18F3NO3. The van der Waals surface area contributed by atoms with Gasteiger partial charge < -0.3 is 15.2 Å². The zero-order valence-electron chi connectivity index (χ0n) is 10.1. The van der Waals surface area contributed by atoms with E-state index in [1.807, 2.05) is 0 Å². The van der Waals surface area contributed by atoms with Gasteiger partial charge in [0.2, 0.25) is 0 Å². The minimum atomic E-state index is -4.30. The van der Waals surface area contributed by atoms with E-state index in [2.05, 4.69) is 5.32 Å². The number of halogens is 3. The summed E-state index contributed by atoms with van der Waals surface area (Å²) in [5.74, 6) is 0. The molecule has 0 aromatic carbocycles. The van der Waals surface area contributed by atoms with E-state index in [9.17, 15) is 18.0 Å². The van der Waals surface area contributed by atoms with E-state index in [1.165, 1.54) is 0 Å². The number of alkyl carbamates (subject to hydrolysis) is 1. The van der Waals surface area contributed by atoms with Crippen molar-refractivity contribution >= 4 is 6.09 Å². The smallest absolute Gasteiger partial charge is 0.407 e. The Hall–Kier alpha value is -0.980. The van der Waals surface area contributed by atoms with E-state index in [1.54, 1.807) is 20.8 Å². The van der Waals surface area contributed by atoms with Gasteiger partial charge in [-0.3, -0.25) is 0 Å². The minimum absolute atomic E-state index is 0.376. The van der Waals surface area contributed by atoms with Gasteiger partial charge in [0.1, 0.15) is 5.60 Å². The van der Waals surface area contributed by atoms with Gasteiger partial charge in [0.15, 0.2) is 0 Å². The van der Waals surface area contributed by atoms with Crippen LogP contribution in [0.1, 0.15) is 33.6 Å². The molecule has 0 aliphatic heterocycles. The van der Waals surface area contributed by atoms with Crippen LogP contribution in [0.2, 0.25) is 0 Å².